The van der Waals surface area contributed by atoms with Gasteiger partial charge < -0.3 is 15.2 Å². The Hall–Kier alpha value is -2.11. The van der Waals surface area contributed by atoms with Crippen molar-refractivity contribution in [2.75, 3.05) is 13.2 Å². The maximum Gasteiger partial charge on any atom is 0.253 e. The van der Waals surface area contributed by atoms with Gasteiger partial charge in [0.1, 0.15) is 5.02 Å². The third kappa shape index (κ3) is 4.94. The Morgan fingerprint density at radius 1 is 1.38 bits per heavy atom. The highest BCUT2D eigenvalue weighted by molar-refractivity contribution is 6.32. The number of aliphatic hydroxyl groups excluding tert-OH is 1. The molecular formula is C18H21ClN2O3. The molecule has 6 heteroatoms. The third-order valence-electron chi connectivity index (χ3n) is 3.51. The number of nitrogens with zero attached hydrogens (tertiary/aromatic N) is 1. The quantitative estimate of drug-likeness (QED) is 0.767. The van der Waals surface area contributed by atoms with Crippen LogP contribution in [0.25, 0.3) is 0 Å². The van der Waals surface area contributed by atoms with Gasteiger partial charge in [-0.2, -0.15) is 0 Å². The molecule has 24 heavy (non-hydrogen) atoms. The maximum atomic E-state index is 12.5. The molecule has 0 aliphatic carbocycles. The number of halogens is 1. The van der Waals surface area contributed by atoms with Gasteiger partial charge in [-0.25, -0.2) is 4.98 Å². The Morgan fingerprint density at radius 3 is 2.75 bits per heavy atom. The first-order chi connectivity index (χ1) is 11.7. The van der Waals surface area contributed by atoms with Crippen molar-refractivity contribution in [1.29, 1.82) is 0 Å². The smallest absolute Gasteiger partial charge is 0.253 e. The summed E-state index contributed by atoms with van der Waals surface area (Å²) < 4.78 is 5.27. The molecule has 0 saturated carbocycles. The van der Waals surface area contributed by atoms with Crippen LogP contribution < -0.4 is 10.1 Å². The van der Waals surface area contributed by atoms with E-state index in [9.17, 15) is 4.79 Å². The van der Waals surface area contributed by atoms with E-state index in [-0.39, 0.29) is 18.6 Å². The molecule has 0 radical (unpaired) electrons. The molecular weight excluding hydrogens is 328 g/mol. The van der Waals surface area contributed by atoms with Crippen molar-refractivity contribution in [3.05, 3.63) is 58.7 Å². The Morgan fingerprint density at radius 2 is 2.12 bits per heavy atom. The van der Waals surface area contributed by atoms with Crippen LogP contribution in [0.4, 0.5) is 0 Å². The van der Waals surface area contributed by atoms with Gasteiger partial charge >= 0.3 is 0 Å². The number of amides is 1. The lowest BCUT2D eigenvalue weighted by Gasteiger charge is -2.19. The number of aromatic nitrogens is 1. The molecule has 1 unspecified atom stereocenters. The molecule has 1 aromatic heterocycles. The Balaban J connectivity index is 2.13. The van der Waals surface area contributed by atoms with Crippen molar-refractivity contribution in [3.8, 4) is 5.88 Å². The van der Waals surface area contributed by atoms with Crippen LogP contribution in [0.2, 0.25) is 5.02 Å². The molecule has 0 aliphatic rings. The number of nitrogens with one attached hydrogen (secondary N) is 1. The first kappa shape index (κ1) is 18.2. The van der Waals surface area contributed by atoms with Crippen LogP contribution in [0.15, 0.2) is 42.6 Å². The van der Waals surface area contributed by atoms with Crippen LogP contribution >= 0.6 is 11.6 Å². The van der Waals surface area contributed by atoms with Gasteiger partial charge in [-0.05, 0) is 31.4 Å². The van der Waals surface area contributed by atoms with E-state index in [0.717, 1.165) is 5.56 Å². The van der Waals surface area contributed by atoms with Gasteiger partial charge in [-0.15, -0.1) is 0 Å². The molecule has 1 atom stereocenters. The average molecular weight is 349 g/mol. The van der Waals surface area contributed by atoms with Gasteiger partial charge in [0.05, 0.1) is 18.2 Å². The number of benzene rings is 1. The molecule has 128 valence electrons. The predicted molar refractivity (Wildman–Crippen MR) is 93.4 cm³/mol. The van der Waals surface area contributed by atoms with Crippen molar-refractivity contribution in [2.24, 2.45) is 0 Å². The highest BCUT2D eigenvalue weighted by Crippen LogP contribution is 2.23. The summed E-state index contributed by atoms with van der Waals surface area (Å²) in [6.45, 7) is 2.37. The molecule has 0 saturated heterocycles. The van der Waals surface area contributed by atoms with E-state index in [1.54, 1.807) is 6.07 Å². The van der Waals surface area contributed by atoms with Gasteiger partial charge in [0.15, 0.2) is 0 Å². The zero-order chi connectivity index (χ0) is 17.4. The highest BCUT2D eigenvalue weighted by Gasteiger charge is 2.17. The molecule has 1 heterocycles. The van der Waals surface area contributed by atoms with Crippen molar-refractivity contribution in [2.45, 2.75) is 25.8 Å². The fraction of sp³-hybridized carbons (Fsp3) is 0.333. The maximum absolute atomic E-state index is 12.5. The van der Waals surface area contributed by atoms with Gasteiger partial charge in [0, 0.05) is 12.8 Å². The fourth-order valence-electron chi connectivity index (χ4n) is 2.34. The standard InChI is InChI=1S/C18H21ClN2O3/c1-2-24-18-15(19)11-14(12-20-18)17(23)21-16(9-6-10-22)13-7-4-3-5-8-13/h3-5,7-8,11-12,16,22H,2,6,9-10H2,1H3,(H,21,23). The molecule has 1 aromatic carbocycles. The minimum atomic E-state index is -0.265. The molecule has 1 amide bonds. The minimum Gasteiger partial charge on any atom is -0.477 e. The lowest BCUT2D eigenvalue weighted by Crippen LogP contribution is -2.29. The number of hydrogen-bond acceptors (Lipinski definition) is 4. The number of aliphatic hydroxyl groups is 1. The number of ether oxygens (including phenoxy) is 1. The average Bonchev–Trinajstić information content (AvgIpc) is 2.61. The van der Waals surface area contributed by atoms with E-state index in [2.05, 4.69) is 10.3 Å². The van der Waals surface area contributed by atoms with Crippen molar-refractivity contribution < 1.29 is 14.6 Å². The number of pyridine rings is 1. The molecule has 2 N–H and O–H groups in total. The van der Waals surface area contributed by atoms with E-state index in [0.29, 0.717) is 35.9 Å². The lowest BCUT2D eigenvalue weighted by atomic mass is 10.0. The molecule has 0 aliphatic heterocycles. The summed E-state index contributed by atoms with van der Waals surface area (Å²) in [6.07, 6.45) is 2.69. The summed E-state index contributed by atoms with van der Waals surface area (Å²) in [4.78, 5) is 16.6. The molecule has 0 bridgehead atoms. The van der Waals surface area contributed by atoms with Gasteiger partial charge in [-0.3, -0.25) is 4.79 Å². The molecule has 0 fully saturated rings. The molecule has 0 spiro atoms. The molecule has 2 aromatic rings. The number of carbonyl (C=O) groups excluding carboxylic acids is 1. The van der Waals surface area contributed by atoms with E-state index in [1.165, 1.54) is 6.20 Å². The Labute approximate surface area is 146 Å². The normalized spacial score (nSPS) is 11.8. The second-order valence-electron chi connectivity index (χ2n) is 5.25. The number of rotatable bonds is 8. The van der Waals surface area contributed by atoms with Crippen LogP contribution in [0.3, 0.4) is 0 Å². The van der Waals surface area contributed by atoms with E-state index < -0.39 is 0 Å². The zero-order valence-electron chi connectivity index (χ0n) is 13.5. The van der Waals surface area contributed by atoms with E-state index in [4.69, 9.17) is 21.4 Å². The van der Waals surface area contributed by atoms with Crippen LogP contribution in [-0.2, 0) is 0 Å². The summed E-state index contributed by atoms with van der Waals surface area (Å²) in [5.74, 6) is 0.0508. The largest absolute Gasteiger partial charge is 0.477 e. The molecule has 2 rings (SSSR count). The monoisotopic (exact) mass is 348 g/mol. The summed E-state index contributed by atoms with van der Waals surface area (Å²) in [5.41, 5.74) is 1.36. The molecule has 5 nitrogen and oxygen atoms in total. The minimum absolute atomic E-state index is 0.0790. The predicted octanol–water partition coefficient (Wildman–Crippen LogP) is 3.38. The van der Waals surface area contributed by atoms with E-state index >= 15 is 0 Å². The SMILES string of the molecule is CCOc1ncc(C(=O)NC(CCCO)c2ccccc2)cc1Cl. The number of carbonyl (C=O) groups is 1. The van der Waals surface area contributed by atoms with Crippen LogP contribution in [0.1, 0.15) is 41.7 Å². The van der Waals surface area contributed by atoms with Gasteiger partial charge in [0.2, 0.25) is 5.88 Å². The van der Waals surface area contributed by atoms with Crippen molar-refractivity contribution >= 4 is 17.5 Å². The van der Waals surface area contributed by atoms with Crippen LogP contribution in [0.5, 0.6) is 5.88 Å². The lowest BCUT2D eigenvalue weighted by molar-refractivity contribution is 0.0932. The Bertz CT molecular complexity index is 665. The zero-order valence-corrected chi connectivity index (χ0v) is 14.3. The highest BCUT2D eigenvalue weighted by atomic mass is 35.5. The van der Waals surface area contributed by atoms with Gasteiger partial charge in [0.25, 0.3) is 5.91 Å². The second-order valence-corrected chi connectivity index (χ2v) is 5.65. The fourth-order valence-corrected chi connectivity index (χ4v) is 2.56. The summed E-state index contributed by atoms with van der Waals surface area (Å²) in [5, 5.41) is 12.4. The van der Waals surface area contributed by atoms with Crippen molar-refractivity contribution in [3.63, 3.8) is 0 Å². The summed E-state index contributed by atoms with van der Waals surface area (Å²) in [7, 11) is 0. The van der Waals surface area contributed by atoms with Crippen LogP contribution in [-0.4, -0.2) is 29.2 Å². The van der Waals surface area contributed by atoms with Gasteiger partial charge in [-0.1, -0.05) is 41.9 Å². The topological polar surface area (TPSA) is 71.5 Å². The van der Waals surface area contributed by atoms with Crippen LogP contribution in [0, 0.1) is 0 Å². The third-order valence-corrected chi connectivity index (χ3v) is 3.78. The summed E-state index contributed by atoms with van der Waals surface area (Å²) >= 11 is 6.09. The Kier molecular flexibility index (Phi) is 7.03. The second kappa shape index (κ2) is 9.25. The number of hydrogen-bond donors (Lipinski definition) is 2. The first-order valence-electron chi connectivity index (χ1n) is 7.90. The van der Waals surface area contributed by atoms with E-state index in [1.807, 2.05) is 37.3 Å². The van der Waals surface area contributed by atoms with Crippen molar-refractivity contribution in [1.82, 2.24) is 10.3 Å². The summed E-state index contributed by atoms with van der Waals surface area (Å²) in [6, 6.07) is 11.0. The first-order valence-corrected chi connectivity index (χ1v) is 8.28.